The summed E-state index contributed by atoms with van der Waals surface area (Å²) in [4.78, 5) is 0. The summed E-state index contributed by atoms with van der Waals surface area (Å²) in [6, 6.07) is 0.199. The molecular weight excluding hydrogens is 262 g/mol. The second kappa shape index (κ2) is 6.52. The summed E-state index contributed by atoms with van der Waals surface area (Å²) in [5, 5.41) is 0. The molecule has 0 aromatic heterocycles. The topological polar surface area (TPSA) is 66.6 Å². The van der Waals surface area contributed by atoms with Gasteiger partial charge in [0.1, 0.15) is 0 Å². The maximum absolute atomic E-state index is 12.9. The molecule has 0 spiro atoms. The molecule has 1 aliphatic heterocycles. The van der Waals surface area contributed by atoms with Crippen LogP contribution >= 0.6 is 0 Å². The van der Waals surface area contributed by atoms with Gasteiger partial charge in [-0.1, -0.05) is 26.2 Å². The molecule has 112 valence electrons. The zero-order valence-corrected chi connectivity index (χ0v) is 12.7. The zero-order valence-electron chi connectivity index (χ0n) is 11.9. The van der Waals surface area contributed by atoms with Crippen molar-refractivity contribution in [2.24, 2.45) is 5.73 Å². The predicted molar refractivity (Wildman–Crippen MR) is 77.0 cm³/mol. The third-order valence-electron chi connectivity index (χ3n) is 4.48. The molecule has 1 unspecified atom stereocenters. The van der Waals surface area contributed by atoms with Gasteiger partial charge in [0.05, 0.1) is 0 Å². The molecule has 5 nitrogen and oxygen atoms in total. The first-order chi connectivity index (χ1) is 9.11. The zero-order chi connectivity index (χ0) is 13.9. The standard InChI is InChI=1S/C13H27N3O2S/c1-2-15(12-7-3-4-8-12)19(17,18)16-10-6-5-9-13(16)11-14/h12-13H,2-11,14H2,1H3. The van der Waals surface area contributed by atoms with Crippen LogP contribution in [-0.2, 0) is 10.2 Å². The Morgan fingerprint density at radius 1 is 1.16 bits per heavy atom. The van der Waals surface area contributed by atoms with Gasteiger partial charge >= 0.3 is 0 Å². The van der Waals surface area contributed by atoms with E-state index < -0.39 is 10.2 Å². The molecule has 1 aliphatic carbocycles. The first-order valence-corrected chi connectivity index (χ1v) is 8.99. The molecule has 6 heteroatoms. The van der Waals surface area contributed by atoms with Crippen molar-refractivity contribution < 1.29 is 8.42 Å². The Balaban J connectivity index is 2.18. The molecule has 2 N–H and O–H groups in total. The van der Waals surface area contributed by atoms with Crippen LogP contribution in [0.4, 0.5) is 0 Å². The van der Waals surface area contributed by atoms with Gasteiger partial charge in [0.15, 0.2) is 0 Å². The quantitative estimate of drug-likeness (QED) is 0.830. The van der Waals surface area contributed by atoms with E-state index in [1.807, 2.05) is 6.92 Å². The first-order valence-electron chi connectivity index (χ1n) is 7.60. The first kappa shape index (κ1) is 15.2. The lowest BCUT2D eigenvalue weighted by Crippen LogP contribution is -2.54. The van der Waals surface area contributed by atoms with Crippen LogP contribution in [0.1, 0.15) is 51.9 Å². The fraction of sp³-hybridized carbons (Fsp3) is 1.00. The van der Waals surface area contributed by atoms with Crippen molar-refractivity contribution >= 4 is 10.2 Å². The van der Waals surface area contributed by atoms with Crippen molar-refractivity contribution in [3.63, 3.8) is 0 Å². The highest BCUT2D eigenvalue weighted by atomic mass is 32.2. The van der Waals surface area contributed by atoms with Gasteiger partial charge in [-0.25, -0.2) is 0 Å². The molecule has 1 saturated heterocycles. The van der Waals surface area contributed by atoms with Crippen LogP contribution in [0.2, 0.25) is 0 Å². The van der Waals surface area contributed by atoms with Crippen molar-refractivity contribution in [3.8, 4) is 0 Å². The lowest BCUT2D eigenvalue weighted by molar-refractivity contribution is 0.223. The van der Waals surface area contributed by atoms with Crippen molar-refractivity contribution in [3.05, 3.63) is 0 Å². The Labute approximate surface area is 117 Å². The Bertz CT molecular complexity index is 369. The second-order valence-electron chi connectivity index (χ2n) is 5.65. The van der Waals surface area contributed by atoms with Gasteiger partial charge in [-0.2, -0.15) is 17.0 Å². The summed E-state index contributed by atoms with van der Waals surface area (Å²) in [6.07, 6.45) is 7.26. The summed E-state index contributed by atoms with van der Waals surface area (Å²) in [7, 11) is -3.33. The molecule has 0 radical (unpaired) electrons. The lowest BCUT2D eigenvalue weighted by Gasteiger charge is -2.39. The highest BCUT2D eigenvalue weighted by molar-refractivity contribution is 7.86. The Morgan fingerprint density at radius 2 is 1.79 bits per heavy atom. The molecule has 1 atom stereocenters. The van der Waals surface area contributed by atoms with Gasteiger partial charge in [0.25, 0.3) is 10.2 Å². The average molecular weight is 289 g/mol. The number of hydrogen-bond acceptors (Lipinski definition) is 3. The monoisotopic (exact) mass is 289 g/mol. The van der Waals surface area contributed by atoms with Crippen molar-refractivity contribution in [2.75, 3.05) is 19.6 Å². The molecular formula is C13H27N3O2S. The van der Waals surface area contributed by atoms with E-state index in [2.05, 4.69) is 0 Å². The normalized spacial score (nSPS) is 27.2. The third kappa shape index (κ3) is 3.12. The average Bonchev–Trinajstić information content (AvgIpc) is 2.93. The van der Waals surface area contributed by atoms with Crippen molar-refractivity contribution in [1.29, 1.82) is 0 Å². The predicted octanol–water partition coefficient (Wildman–Crippen LogP) is 1.31. The van der Waals surface area contributed by atoms with E-state index >= 15 is 0 Å². The smallest absolute Gasteiger partial charge is 0.282 e. The molecule has 19 heavy (non-hydrogen) atoms. The fourth-order valence-corrected chi connectivity index (χ4v) is 5.56. The highest BCUT2D eigenvalue weighted by Crippen LogP contribution is 2.29. The SMILES string of the molecule is CCN(C1CCCC1)S(=O)(=O)N1CCCCC1CN. The third-order valence-corrected chi connectivity index (χ3v) is 6.70. The van der Waals surface area contributed by atoms with E-state index in [0.717, 1.165) is 44.9 Å². The van der Waals surface area contributed by atoms with Crippen LogP contribution in [0.25, 0.3) is 0 Å². The molecule has 2 fully saturated rings. The largest absolute Gasteiger partial charge is 0.329 e. The maximum Gasteiger partial charge on any atom is 0.282 e. The van der Waals surface area contributed by atoms with Gasteiger partial charge in [0, 0.05) is 31.7 Å². The van der Waals surface area contributed by atoms with E-state index in [1.54, 1.807) is 8.61 Å². The molecule has 2 rings (SSSR count). The molecule has 2 aliphatic rings. The van der Waals surface area contributed by atoms with Crippen LogP contribution in [0.3, 0.4) is 0 Å². The van der Waals surface area contributed by atoms with Crippen LogP contribution < -0.4 is 5.73 Å². The molecule has 0 bridgehead atoms. The minimum atomic E-state index is -3.33. The molecule has 1 heterocycles. The van der Waals surface area contributed by atoms with Crippen molar-refractivity contribution in [1.82, 2.24) is 8.61 Å². The highest BCUT2D eigenvalue weighted by Gasteiger charge is 2.39. The van der Waals surface area contributed by atoms with Crippen LogP contribution in [0, 0.1) is 0 Å². The second-order valence-corrected chi connectivity index (χ2v) is 7.48. The van der Waals surface area contributed by atoms with Crippen LogP contribution in [-0.4, -0.2) is 48.7 Å². The van der Waals surface area contributed by atoms with E-state index in [4.69, 9.17) is 5.73 Å². The lowest BCUT2D eigenvalue weighted by atomic mass is 10.1. The summed E-state index contributed by atoms with van der Waals surface area (Å²) < 4.78 is 29.1. The molecule has 0 aromatic rings. The van der Waals surface area contributed by atoms with Crippen LogP contribution in [0.5, 0.6) is 0 Å². The number of piperidine rings is 1. The van der Waals surface area contributed by atoms with E-state index in [-0.39, 0.29) is 12.1 Å². The summed E-state index contributed by atoms with van der Waals surface area (Å²) in [5.41, 5.74) is 5.76. The molecule has 0 aromatic carbocycles. The minimum Gasteiger partial charge on any atom is -0.329 e. The van der Waals surface area contributed by atoms with Gasteiger partial charge in [-0.05, 0) is 25.7 Å². The summed E-state index contributed by atoms with van der Waals surface area (Å²) in [5.74, 6) is 0. The molecule has 0 amide bonds. The van der Waals surface area contributed by atoms with Gasteiger partial charge in [-0.3, -0.25) is 0 Å². The summed E-state index contributed by atoms with van der Waals surface area (Å²) >= 11 is 0. The number of nitrogens with two attached hydrogens (primary N) is 1. The van der Waals surface area contributed by atoms with Crippen LogP contribution in [0.15, 0.2) is 0 Å². The Kier molecular flexibility index (Phi) is 5.22. The minimum absolute atomic E-state index is 0.00537. The van der Waals surface area contributed by atoms with E-state index in [0.29, 0.717) is 19.6 Å². The Morgan fingerprint density at radius 3 is 2.37 bits per heavy atom. The number of nitrogens with zero attached hydrogens (tertiary/aromatic N) is 2. The molecule has 1 saturated carbocycles. The van der Waals surface area contributed by atoms with Gasteiger partial charge < -0.3 is 5.73 Å². The van der Waals surface area contributed by atoms with E-state index in [1.165, 1.54) is 0 Å². The fourth-order valence-electron chi connectivity index (χ4n) is 3.45. The summed E-state index contributed by atoms with van der Waals surface area (Å²) in [6.45, 7) is 3.58. The Hall–Kier alpha value is -0.170. The maximum atomic E-state index is 12.9. The number of hydrogen-bond donors (Lipinski definition) is 1. The van der Waals surface area contributed by atoms with Gasteiger partial charge in [-0.15, -0.1) is 0 Å². The van der Waals surface area contributed by atoms with Crippen molar-refractivity contribution in [2.45, 2.75) is 64.0 Å². The number of rotatable bonds is 5. The van der Waals surface area contributed by atoms with Gasteiger partial charge in [0.2, 0.25) is 0 Å². The van der Waals surface area contributed by atoms with E-state index in [9.17, 15) is 8.42 Å².